The van der Waals surface area contributed by atoms with Crippen LogP contribution in [-0.2, 0) is 6.54 Å². The van der Waals surface area contributed by atoms with Gasteiger partial charge in [0.15, 0.2) is 0 Å². The van der Waals surface area contributed by atoms with Crippen LogP contribution >= 0.6 is 11.6 Å². The predicted octanol–water partition coefficient (Wildman–Crippen LogP) is 5.34. The molecule has 0 unspecified atom stereocenters. The van der Waals surface area contributed by atoms with Gasteiger partial charge in [-0.15, -0.1) is 0 Å². The summed E-state index contributed by atoms with van der Waals surface area (Å²) in [6.45, 7) is 0.589. The number of benzene rings is 3. The fourth-order valence-electron chi connectivity index (χ4n) is 3.05. The maximum atomic E-state index is 13.1. The van der Waals surface area contributed by atoms with Crippen LogP contribution in [0.25, 0.3) is 21.8 Å². The molecule has 0 aliphatic heterocycles. The van der Waals surface area contributed by atoms with Gasteiger partial charge in [-0.1, -0.05) is 29.8 Å². The number of hydrogen-bond acceptors (Lipinski definition) is 1. The summed E-state index contributed by atoms with van der Waals surface area (Å²) in [5.74, 6) is -0.0204. The molecular formula is C19H13ClFNO. The number of rotatable bonds is 2. The van der Waals surface area contributed by atoms with Crippen LogP contribution in [0.3, 0.4) is 0 Å². The number of fused-ring (bicyclic) bond motifs is 3. The van der Waals surface area contributed by atoms with Crippen LogP contribution in [0, 0.1) is 5.82 Å². The molecule has 0 fully saturated rings. The summed E-state index contributed by atoms with van der Waals surface area (Å²) in [4.78, 5) is 0. The van der Waals surface area contributed by atoms with Crippen LogP contribution in [0.1, 0.15) is 5.56 Å². The third-order valence-corrected chi connectivity index (χ3v) is 4.32. The van der Waals surface area contributed by atoms with Gasteiger partial charge < -0.3 is 9.67 Å². The number of halogens is 2. The highest BCUT2D eigenvalue weighted by molar-refractivity contribution is 6.32. The molecule has 0 amide bonds. The van der Waals surface area contributed by atoms with Gasteiger partial charge in [0.1, 0.15) is 11.6 Å². The van der Waals surface area contributed by atoms with Crippen molar-refractivity contribution in [3.05, 3.63) is 77.1 Å². The number of phenolic OH excluding ortho intramolecular Hbond substituents is 1. The van der Waals surface area contributed by atoms with Crippen molar-refractivity contribution in [2.75, 3.05) is 0 Å². The largest absolute Gasteiger partial charge is 0.507 e. The Morgan fingerprint density at radius 2 is 1.74 bits per heavy atom. The highest BCUT2D eigenvalue weighted by Gasteiger charge is 2.14. The Labute approximate surface area is 137 Å². The number of nitrogens with zero attached hydrogens (tertiary/aromatic N) is 1. The highest BCUT2D eigenvalue weighted by atomic mass is 35.5. The maximum Gasteiger partial charge on any atom is 0.125 e. The second-order valence-electron chi connectivity index (χ2n) is 5.55. The smallest absolute Gasteiger partial charge is 0.125 e. The van der Waals surface area contributed by atoms with Gasteiger partial charge in [-0.2, -0.15) is 0 Å². The molecule has 0 spiro atoms. The first-order valence-corrected chi connectivity index (χ1v) is 7.65. The normalized spacial score (nSPS) is 11.4. The summed E-state index contributed by atoms with van der Waals surface area (Å²) in [5.41, 5.74) is 2.89. The van der Waals surface area contributed by atoms with Gasteiger partial charge in [-0.25, -0.2) is 4.39 Å². The summed E-state index contributed by atoms with van der Waals surface area (Å²) in [5, 5.41) is 12.6. The van der Waals surface area contributed by atoms with E-state index in [0.717, 1.165) is 27.4 Å². The highest BCUT2D eigenvalue weighted by Crippen LogP contribution is 2.36. The summed E-state index contributed by atoms with van der Waals surface area (Å²) in [7, 11) is 0. The van der Waals surface area contributed by atoms with E-state index in [4.69, 9.17) is 11.6 Å². The molecule has 23 heavy (non-hydrogen) atoms. The first-order chi connectivity index (χ1) is 11.1. The fraction of sp³-hybridized carbons (Fsp3) is 0.0526. The molecular weight excluding hydrogens is 313 g/mol. The van der Waals surface area contributed by atoms with Crippen LogP contribution in [-0.4, -0.2) is 9.67 Å². The molecule has 0 saturated carbocycles. The van der Waals surface area contributed by atoms with Gasteiger partial charge in [0.2, 0.25) is 0 Å². The van der Waals surface area contributed by atoms with Crippen LogP contribution < -0.4 is 0 Å². The summed E-state index contributed by atoms with van der Waals surface area (Å²) in [6.07, 6.45) is 0. The van der Waals surface area contributed by atoms with Crippen molar-refractivity contribution >= 4 is 33.4 Å². The Kier molecular flexibility index (Phi) is 3.24. The molecule has 0 aliphatic rings. The zero-order chi connectivity index (χ0) is 16.0. The molecule has 4 heteroatoms. The quantitative estimate of drug-likeness (QED) is 0.528. The Balaban J connectivity index is 2.00. The number of aromatic nitrogens is 1. The van der Waals surface area contributed by atoms with Crippen molar-refractivity contribution in [1.82, 2.24) is 4.57 Å². The predicted molar refractivity (Wildman–Crippen MR) is 91.6 cm³/mol. The Morgan fingerprint density at radius 1 is 0.957 bits per heavy atom. The first-order valence-electron chi connectivity index (χ1n) is 7.27. The lowest BCUT2D eigenvalue weighted by atomic mass is 10.1. The molecule has 4 rings (SSSR count). The van der Waals surface area contributed by atoms with Crippen LogP contribution in [0.5, 0.6) is 5.75 Å². The van der Waals surface area contributed by atoms with Crippen molar-refractivity contribution in [2.24, 2.45) is 0 Å². The molecule has 0 bridgehead atoms. The molecule has 1 aromatic heterocycles. The van der Waals surface area contributed by atoms with Crippen molar-refractivity contribution in [3.8, 4) is 5.75 Å². The van der Waals surface area contributed by atoms with Gasteiger partial charge in [0.05, 0.1) is 5.52 Å². The Bertz CT molecular complexity index is 1020. The molecule has 3 aromatic carbocycles. The van der Waals surface area contributed by atoms with E-state index in [1.54, 1.807) is 18.2 Å². The lowest BCUT2D eigenvalue weighted by Gasteiger charge is -2.08. The van der Waals surface area contributed by atoms with Crippen molar-refractivity contribution < 1.29 is 9.50 Å². The van der Waals surface area contributed by atoms with Crippen LogP contribution in [0.15, 0.2) is 60.7 Å². The standard InChI is InChI=1S/C19H13ClFNO/c20-13-6-9-16-15(10-13)19-17(2-1-3-18(19)23)22(16)11-12-4-7-14(21)8-5-12/h1-10,23H,11H2. The van der Waals surface area contributed by atoms with Gasteiger partial charge >= 0.3 is 0 Å². The summed E-state index contributed by atoms with van der Waals surface area (Å²) >= 11 is 6.13. The molecule has 1 heterocycles. The summed E-state index contributed by atoms with van der Waals surface area (Å²) in [6, 6.07) is 17.5. The molecule has 4 aromatic rings. The number of phenols is 1. The lowest BCUT2D eigenvalue weighted by molar-refractivity contribution is 0.482. The molecule has 1 N–H and O–H groups in total. The molecule has 0 saturated heterocycles. The lowest BCUT2D eigenvalue weighted by Crippen LogP contribution is -1.99. The van der Waals surface area contributed by atoms with Crippen molar-refractivity contribution in [2.45, 2.75) is 6.54 Å². The van der Waals surface area contributed by atoms with Crippen LogP contribution in [0.2, 0.25) is 5.02 Å². The molecule has 114 valence electrons. The average molecular weight is 326 g/mol. The monoisotopic (exact) mass is 325 g/mol. The number of aromatic hydroxyl groups is 1. The SMILES string of the molecule is Oc1cccc2c1c1cc(Cl)ccc1n2Cc1ccc(F)cc1. The third kappa shape index (κ3) is 2.34. The molecule has 0 radical (unpaired) electrons. The van der Waals surface area contributed by atoms with E-state index in [1.807, 2.05) is 30.3 Å². The van der Waals surface area contributed by atoms with E-state index in [0.29, 0.717) is 11.6 Å². The Morgan fingerprint density at radius 3 is 2.52 bits per heavy atom. The van der Waals surface area contributed by atoms with Crippen molar-refractivity contribution in [1.29, 1.82) is 0 Å². The topological polar surface area (TPSA) is 25.2 Å². The fourth-order valence-corrected chi connectivity index (χ4v) is 3.22. The second kappa shape index (κ2) is 5.28. The first kappa shape index (κ1) is 14.1. The van der Waals surface area contributed by atoms with E-state index in [9.17, 15) is 9.50 Å². The molecule has 0 aliphatic carbocycles. The van der Waals surface area contributed by atoms with Gasteiger partial charge in [-0.05, 0) is 48.0 Å². The minimum Gasteiger partial charge on any atom is -0.507 e. The number of hydrogen-bond donors (Lipinski definition) is 1. The summed E-state index contributed by atoms with van der Waals surface area (Å²) < 4.78 is 15.2. The van der Waals surface area contributed by atoms with Gasteiger partial charge in [0.25, 0.3) is 0 Å². The van der Waals surface area contributed by atoms with E-state index >= 15 is 0 Å². The second-order valence-corrected chi connectivity index (χ2v) is 5.98. The van der Waals surface area contributed by atoms with Crippen LogP contribution in [0.4, 0.5) is 4.39 Å². The minimum absolute atomic E-state index is 0.229. The zero-order valence-electron chi connectivity index (χ0n) is 12.1. The van der Waals surface area contributed by atoms with E-state index in [-0.39, 0.29) is 11.6 Å². The Hall–Kier alpha value is -2.52. The zero-order valence-corrected chi connectivity index (χ0v) is 12.9. The van der Waals surface area contributed by atoms with E-state index < -0.39 is 0 Å². The maximum absolute atomic E-state index is 13.1. The minimum atomic E-state index is -0.250. The molecule has 2 nitrogen and oxygen atoms in total. The van der Waals surface area contributed by atoms with Crippen molar-refractivity contribution in [3.63, 3.8) is 0 Å². The van der Waals surface area contributed by atoms with E-state index in [1.165, 1.54) is 12.1 Å². The van der Waals surface area contributed by atoms with E-state index in [2.05, 4.69) is 4.57 Å². The third-order valence-electron chi connectivity index (χ3n) is 4.08. The van der Waals surface area contributed by atoms with Gasteiger partial charge in [0, 0.05) is 27.9 Å². The molecule has 0 atom stereocenters. The average Bonchev–Trinajstić information content (AvgIpc) is 2.84. The van der Waals surface area contributed by atoms with Gasteiger partial charge in [-0.3, -0.25) is 0 Å².